The first-order valence-corrected chi connectivity index (χ1v) is 12.5. The molecule has 0 fully saturated rings. The number of anilines is 1. The van der Waals surface area contributed by atoms with Crippen LogP contribution in [0, 0.1) is 6.92 Å². The van der Waals surface area contributed by atoms with Crippen LogP contribution < -0.4 is 10.0 Å². The van der Waals surface area contributed by atoms with E-state index < -0.39 is 10.0 Å². The number of H-pyrrole nitrogens is 1. The van der Waals surface area contributed by atoms with E-state index in [-0.39, 0.29) is 11.4 Å². The molecule has 0 aliphatic rings. The Hall–Kier alpha value is -3.76. The predicted octanol–water partition coefficient (Wildman–Crippen LogP) is 3.09. The molecule has 34 heavy (non-hydrogen) atoms. The van der Waals surface area contributed by atoms with Crippen LogP contribution >= 0.6 is 0 Å². The van der Waals surface area contributed by atoms with Crippen molar-refractivity contribution in [3.8, 4) is 0 Å². The molecule has 0 saturated carbocycles. The van der Waals surface area contributed by atoms with E-state index in [0.717, 1.165) is 17.5 Å². The van der Waals surface area contributed by atoms with E-state index in [1.807, 2.05) is 43.5 Å². The molecule has 0 unspecified atom stereocenters. The molecule has 0 atom stereocenters. The largest absolute Gasteiger partial charge is 0.368 e. The van der Waals surface area contributed by atoms with E-state index in [9.17, 15) is 8.42 Å². The van der Waals surface area contributed by atoms with Crippen LogP contribution in [0.1, 0.15) is 17.0 Å². The molecule has 10 heteroatoms. The summed E-state index contributed by atoms with van der Waals surface area (Å²) < 4.78 is 29.4. The maximum atomic E-state index is 12.5. The lowest BCUT2D eigenvalue weighted by Crippen LogP contribution is -2.26. The molecule has 5 aromatic rings. The van der Waals surface area contributed by atoms with Crippen molar-refractivity contribution in [2.75, 3.05) is 18.4 Å². The van der Waals surface area contributed by atoms with Gasteiger partial charge in [0, 0.05) is 36.6 Å². The molecular weight excluding hydrogens is 450 g/mol. The number of sulfonamides is 1. The average Bonchev–Trinajstić information content (AvgIpc) is 3.43. The van der Waals surface area contributed by atoms with Crippen LogP contribution in [0.2, 0.25) is 0 Å². The Bertz CT molecular complexity index is 1560. The first-order chi connectivity index (χ1) is 16.5. The Kier molecular flexibility index (Phi) is 5.99. The lowest BCUT2D eigenvalue weighted by atomic mass is 10.1. The SMILES string of the molecule is Cc1cccc(S(=O)(=O)NCCc2nnc3ccc(NCCc4c[nH]c5ccccc45)nn23)c1. The summed E-state index contributed by atoms with van der Waals surface area (Å²) in [5.74, 6) is 1.29. The van der Waals surface area contributed by atoms with Gasteiger partial charge in [0.15, 0.2) is 11.5 Å². The van der Waals surface area contributed by atoms with Crippen LogP contribution in [0.5, 0.6) is 0 Å². The highest BCUT2D eigenvalue weighted by Crippen LogP contribution is 2.18. The van der Waals surface area contributed by atoms with Crippen molar-refractivity contribution in [1.82, 2.24) is 29.5 Å². The van der Waals surface area contributed by atoms with Crippen molar-refractivity contribution in [1.29, 1.82) is 0 Å². The van der Waals surface area contributed by atoms with Gasteiger partial charge >= 0.3 is 0 Å². The number of para-hydroxylation sites is 1. The topological polar surface area (TPSA) is 117 Å². The number of nitrogens with zero attached hydrogens (tertiary/aromatic N) is 4. The van der Waals surface area contributed by atoms with Gasteiger partial charge in [-0.25, -0.2) is 13.1 Å². The van der Waals surface area contributed by atoms with E-state index in [4.69, 9.17) is 0 Å². The van der Waals surface area contributed by atoms with Crippen molar-refractivity contribution in [2.24, 2.45) is 0 Å². The molecule has 3 N–H and O–H groups in total. The number of fused-ring (bicyclic) bond motifs is 2. The number of hydrogen-bond acceptors (Lipinski definition) is 6. The zero-order valence-corrected chi connectivity index (χ0v) is 19.5. The van der Waals surface area contributed by atoms with Gasteiger partial charge in [0.25, 0.3) is 0 Å². The maximum Gasteiger partial charge on any atom is 0.240 e. The van der Waals surface area contributed by atoms with Gasteiger partial charge in [-0.2, -0.15) is 4.52 Å². The Balaban J connectivity index is 1.22. The summed E-state index contributed by atoms with van der Waals surface area (Å²) in [5, 5.41) is 17.5. The number of aryl methyl sites for hydroxylation is 1. The zero-order valence-electron chi connectivity index (χ0n) is 18.7. The van der Waals surface area contributed by atoms with Crippen LogP contribution in [-0.4, -0.2) is 46.3 Å². The molecule has 0 radical (unpaired) electrons. The summed E-state index contributed by atoms with van der Waals surface area (Å²) in [6, 6.07) is 18.8. The molecule has 3 heterocycles. The van der Waals surface area contributed by atoms with Gasteiger partial charge in [0.2, 0.25) is 10.0 Å². The molecule has 0 bridgehead atoms. The smallest absolute Gasteiger partial charge is 0.240 e. The van der Waals surface area contributed by atoms with Crippen LogP contribution in [0.25, 0.3) is 16.6 Å². The molecule has 0 amide bonds. The van der Waals surface area contributed by atoms with Gasteiger partial charge in [-0.15, -0.1) is 15.3 Å². The van der Waals surface area contributed by atoms with Gasteiger partial charge in [-0.3, -0.25) is 0 Å². The van der Waals surface area contributed by atoms with Crippen molar-refractivity contribution in [3.63, 3.8) is 0 Å². The molecule has 2 aromatic carbocycles. The first-order valence-electron chi connectivity index (χ1n) is 11.1. The monoisotopic (exact) mass is 475 g/mol. The lowest BCUT2D eigenvalue weighted by Gasteiger charge is -2.08. The number of aromatic amines is 1. The van der Waals surface area contributed by atoms with Crippen LogP contribution in [0.15, 0.2) is 71.8 Å². The van der Waals surface area contributed by atoms with Crippen molar-refractivity contribution in [2.45, 2.75) is 24.7 Å². The molecule has 0 spiro atoms. The Morgan fingerprint density at radius 3 is 2.74 bits per heavy atom. The van der Waals surface area contributed by atoms with Crippen LogP contribution in [-0.2, 0) is 22.9 Å². The Labute approximate surface area is 197 Å². The Morgan fingerprint density at radius 2 is 1.85 bits per heavy atom. The van der Waals surface area contributed by atoms with Gasteiger partial charge in [-0.05, 0) is 54.8 Å². The minimum atomic E-state index is -3.59. The van der Waals surface area contributed by atoms with E-state index in [2.05, 4.69) is 42.5 Å². The van der Waals surface area contributed by atoms with Gasteiger partial charge in [0.1, 0.15) is 5.82 Å². The number of rotatable bonds is 9. The standard InChI is InChI=1S/C24H25N7O2S/c1-17-5-4-6-19(15-17)34(32,33)27-14-12-24-29-28-23-10-9-22(30-31(23)24)25-13-11-18-16-26-21-8-3-2-7-20(18)21/h2-10,15-16,26-27H,11-14H2,1H3,(H,25,30). The summed E-state index contributed by atoms with van der Waals surface area (Å²) in [5.41, 5.74) is 3.87. The average molecular weight is 476 g/mol. The summed E-state index contributed by atoms with van der Waals surface area (Å²) in [6.45, 7) is 2.77. The lowest BCUT2D eigenvalue weighted by molar-refractivity contribution is 0.580. The summed E-state index contributed by atoms with van der Waals surface area (Å²) in [7, 11) is -3.59. The van der Waals surface area contributed by atoms with Gasteiger partial charge in [-0.1, -0.05) is 30.3 Å². The van der Waals surface area contributed by atoms with E-state index in [1.54, 1.807) is 22.7 Å². The number of aromatic nitrogens is 5. The second-order valence-corrected chi connectivity index (χ2v) is 9.87. The molecular formula is C24H25N7O2S. The maximum absolute atomic E-state index is 12.5. The molecule has 0 aliphatic heterocycles. The molecule has 0 aliphatic carbocycles. The Morgan fingerprint density at radius 1 is 0.971 bits per heavy atom. The highest BCUT2D eigenvalue weighted by atomic mass is 32.2. The molecule has 3 aromatic heterocycles. The third-order valence-electron chi connectivity index (χ3n) is 5.64. The summed E-state index contributed by atoms with van der Waals surface area (Å²) in [6.07, 6.45) is 3.25. The molecule has 5 rings (SSSR count). The van der Waals surface area contributed by atoms with Crippen molar-refractivity contribution in [3.05, 3.63) is 83.8 Å². The summed E-state index contributed by atoms with van der Waals surface area (Å²) >= 11 is 0. The van der Waals surface area contributed by atoms with Crippen molar-refractivity contribution < 1.29 is 8.42 Å². The third kappa shape index (κ3) is 4.63. The zero-order chi connectivity index (χ0) is 23.5. The molecule has 0 saturated heterocycles. The predicted molar refractivity (Wildman–Crippen MR) is 131 cm³/mol. The second-order valence-electron chi connectivity index (χ2n) is 8.11. The first kappa shape index (κ1) is 22.1. The minimum Gasteiger partial charge on any atom is -0.368 e. The third-order valence-corrected chi connectivity index (χ3v) is 7.10. The van der Waals surface area contributed by atoms with Crippen molar-refractivity contribution >= 4 is 32.4 Å². The van der Waals surface area contributed by atoms with Crippen LogP contribution in [0.4, 0.5) is 5.82 Å². The fraction of sp³-hybridized carbons (Fsp3) is 0.208. The van der Waals surface area contributed by atoms with Gasteiger partial charge < -0.3 is 10.3 Å². The quantitative estimate of drug-likeness (QED) is 0.302. The minimum absolute atomic E-state index is 0.191. The number of benzene rings is 2. The van der Waals surface area contributed by atoms with Gasteiger partial charge in [0.05, 0.1) is 4.90 Å². The highest BCUT2D eigenvalue weighted by molar-refractivity contribution is 7.89. The number of hydrogen-bond donors (Lipinski definition) is 3. The number of nitrogens with one attached hydrogen (secondary N) is 3. The highest BCUT2D eigenvalue weighted by Gasteiger charge is 2.15. The van der Waals surface area contributed by atoms with E-state index in [0.29, 0.717) is 30.3 Å². The summed E-state index contributed by atoms with van der Waals surface area (Å²) in [4.78, 5) is 3.54. The molecule has 9 nitrogen and oxygen atoms in total. The fourth-order valence-corrected chi connectivity index (χ4v) is 5.05. The normalized spacial score (nSPS) is 11.9. The fourth-order valence-electron chi connectivity index (χ4n) is 3.91. The van der Waals surface area contributed by atoms with Crippen LogP contribution in [0.3, 0.4) is 0 Å². The van der Waals surface area contributed by atoms with E-state index >= 15 is 0 Å². The van der Waals surface area contributed by atoms with E-state index in [1.165, 1.54) is 10.9 Å². The molecule has 174 valence electrons. The second kappa shape index (κ2) is 9.24.